The largest absolute Gasteiger partial charge is 0.475 e. The number of benzene rings is 1. The van der Waals surface area contributed by atoms with E-state index in [0.29, 0.717) is 38.1 Å². The quantitative estimate of drug-likeness (QED) is 0.306. The van der Waals surface area contributed by atoms with Crippen LogP contribution in [-0.4, -0.2) is 49.5 Å². The molecular weight excluding hydrogens is 392 g/mol. The summed E-state index contributed by atoms with van der Waals surface area (Å²) in [7, 11) is 1.63. The average Bonchev–Trinajstić information content (AvgIpc) is 2.76. The number of guanidine groups is 1. The van der Waals surface area contributed by atoms with Crippen molar-refractivity contribution in [2.75, 3.05) is 33.4 Å². The second-order valence-corrected chi connectivity index (χ2v) is 8.31. The minimum absolute atomic E-state index is 0.0930. The van der Waals surface area contributed by atoms with Gasteiger partial charge in [0.25, 0.3) is 0 Å². The van der Waals surface area contributed by atoms with E-state index in [0.717, 1.165) is 17.7 Å². The van der Waals surface area contributed by atoms with Crippen LogP contribution in [0.25, 0.3) is 0 Å². The maximum absolute atomic E-state index is 10.6. The summed E-state index contributed by atoms with van der Waals surface area (Å²) in [6, 6.07) is 11.9. The molecule has 0 saturated carbocycles. The Morgan fingerprint density at radius 3 is 2.42 bits per heavy atom. The van der Waals surface area contributed by atoms with E-state index in [9.17, 15) is 5.11 Å². The average molecular weight is 429 g/mol. The number of rotatable bonds is 10. The Morgan fingerprint density at radius 1 is 1.10 bits per heavy atom. The summed E-state index contributed by atoms with van der Waals surface area (Å²) in [4.78, 5) is 8.87. The summed E-state index contributed by atoms with van der Waals surface area (Å²) in [5, 5.41) is 17.0. The van der Waals surface area contributed by atoms with Crippen LogP contribution in [-0.2, 0) is 16.7 Å². The summed E-state index contributed by atoms with van der Waals surface area (Å²) in [5.74, 6) is 1.21. The number of pyridine rings is 1. The van der Waals surface area contributed by atoms with Crippen LogP contribution < -0.4 is 15.4 Å². The molecule has 0 amide bonds. The molecule has 1 heterocycles. The molecule has 31 heavy (non-hydrogen) atoms. The zero-order valence-corrected chi connectivity index (χ0v) is 19.3. The van der Waals surface area contributed by atoms with Gasteiger partial charge in [0.2, 0.25) is 5.88 Å². The molecule has 3 N–H and O–H groups in total. The molecule has 2 aromatic rings. The van der Waals surface area contributed by atoms with Crippen molar-refractivity contribution >= 4 is 5.96 Å². The zero-order valence-electron chi connectivity index (χ0n) is 19.3. The van der Waals surface area contributed by atoms with Crippen molar-refractivity contribution in [3.05, 3.63) is 59.3 Å². The van der Waals surface area contributed by atoms with Crippen LogP contribution in [0.4, 0.5) is 0 Å². The van der Waals surface area contributed by atoms with Crippen LogP contribution >= 0.6 is 0 Å². The first-order valence-corrected chi connectivity index (χ1v) is 10.7. The first-order valence-electron chi connectivity index (χ1n) is 10.7. The molecule has 0 bridgehead atoms. The molecule has 1 unspecified atom stereocenters. The Hall–Kier alpha value is -2.64. The molecule has 0 aliphatic carbocycles. The van der Waals surface area contributed by atoms with Crippen molar-refractivity contribution in [1.82, 2.24) is 15.6 Å². The van der Waals surface area contributed by atoms with Crippen LogP contribution in [0.2, 0.25) is 0 Å². The maximum atomic E-state index is 10.6. The van der Waals surface area contributed by atoms with Crippen molar-refractivity contribution in [2.24, 2.45) is 4.99 Å². The van der Waals surface area contributed by atoms with Gasteiger partial charge < -0.3 is 25.2 Å². The molecule has 0 radical (unpaired) electrons. The second-order valence-electron chi connectivity index (χ2n) is 8.31. The van der Waals surface area contributed by atoms with Gasteiger partial charge in [0.1, 0.15) is 6.61 Å². The number of methoxy groups -OCH3 is 1. The number of ether oxygens (including phenoxy) is 2. The summed E-state index contributed by atoms with van der Waals surface area (Å²) in [6.07, 6.45) is 1.13. The van der Waals surface area contributed by atoms with Gasteiger partial charge in [-0.15, -0.1) is 0 Å². The van der Waals surface area contributed by atoms with E-state index in [1.165, 1.54) is 5.56 Å². The predicted molar refractivity (Wildman–Crippen MR) is 125 cm³/mol. The first-order chi connectivity index (χ1) is 14.8. The number of aromatic nitrogens is 1. The molecule has 7 nitrogen and oxygen atoms in total. The van der Waals surface area contributed by atoms with Gasteiger partial charge in [0, 0.05) is 32.5 Å². The highest BCUT2D eigenvalue weighted by Crippen LogP contribution is 2.23. The molecule has 2 rings (SSSR count). The number of aliphatic hydroxyl groups excluding tert-OH is 1. The highest BCUT2D eigenvalue weighted by molar-refractivity contribution is 5.79. The number of hydrogen-bond donors (Lipinski definition) is 3. The van der Waals surface area contributed by atoms with Crippen molar-refractivity contribution in [3.63, 3.8) is 0 Å². The van der Waals surface area contributed by atoms with E-state index in [1.807, 2.05) is 31.2 Å². The Bertz CT molecular complexity index is 799. The standard InChI is InChI=1S/C24H36N4O3/c1-6-25-23(27-16-18-7-12-22(26-15-18)31-14-13-30-5)28-17-21(29)19-8-10-20(11-9-19)24(2,3)4/h7-12,15,21,29H,6,13-14,16-17H2,1-5H3,(H2,25,27,28). The topological polar surface area (TPSA) is 88.0 Å². The molecule has 1 aromatic carbocycles. The van der Waals surface area contributed by atoms with Crippen molar-refractivity contribution in [2.45, 2.75) is 45.8 Å². The van der Waals surface area contributed by atoms with Crippen molar-refractivity contribution < 1.29 is 14.6 Å². The lowest BCUT2D eigenvalue weighted by Crippen LogP contribution is -2.39. The highest BCUT2D eigenvalue weighted by atomic mass is 16.5. The summed E-state index contributed by atoms with van der Waals surface area (Å²) < 4.78 is 10.4. The molecule has 0 aliphatic heterocycles. The minimum Gasteiger partial charge on any atom is -0.475 e. The molecular formula is C24H36N4O3. The zero-order chi connectivity index (χ0) is 22.7. The molecule has 0 saturated heterocycles. The fourth-order valence-corrected chi connectivity index (χ4v) is 2.85. The molecule has 0 aliphatic rings. The smallest absolute Gasteiger partial charge is 0.213 e. The van der Waals surface area contributed by atoms with Gasteiger partial charge in [0.05, 0.1) is 19.3 Å². The molecule has 7 heteroatoms. The highest BCUT2D eigenvalue weighted by Gasteiger charge is 2.15. The van der Waals surface area contributed by atoms with Crippen LogP contribution in [0.3, 0.4) is 0 Å². The molecule has 0 spiro atoms. The van der Waals surface area contributed by atoms with E-state index in [-0.39, 0.29) is 5.41 Å². The Kier molecular flexibility index (Phi) is 9.75. The van der Waals surface area contributed by atoms with Crippen LogP contribution in [0.1, 0.15) is 50.5 Å². The predicted octanol–water partition coefficient (Wildman–Crippen LogP) is 3.19. The Labute approximate surface area is 185 Å². The number of nitrogens with zero attached hydrogens (tertiary/aromatic N) is 2. The van der Waals surface area contributed by atoms with Crippen LogP contribution in [0.5, 0.6) is 5.88 Å². The van der Waals surface area contributed by atoms with E-state index in [1.54, 1.807) is 13.3 Å². The Balaban J connectivity index is 1.90. The van der Waals surface area contributed by atoms with E-state index >= 15 is 0 Å². The minimum atomic E-state index is -0.622. The first kappa shape index (κ1) is 24.6. The monoisotopic (exact) mass is 428 g/mol. The third-order valence-electron chi connectivity index (χ3n) is 4.72. The van der Waals surface area contributed by atoms with Crippen LogP contribution in [0.15, 0.2) is 47.6 Å². The van der Waals surface area contributed by atoms with E-state index < -0.39 is 6.10 Å². The van der Waals surface area contributed by atoms with Crippen molar-refractivity contribution in [1.29, 1.82) is 0 Å². The third-order valence-corrected chi connectivity index (χ3v) is 4.72. The number of nitrogens with one attached hydrogen (secondary N) is 2. The Morgan fingerprint density at radius 2 is 1.84 bits per heavy atom. The van der Waals surface area contributed by atoms with Crippen molar-refractivity contribution in [3.8, 4) is 5.88 Å². The van der Waals surface area contributed by atoms with Gasteiger partial charge in [-0.05, 0) is 29.0 Å². The molecule has 1 atom stereocenters. The lowest BCUT2D eigenvalue weighted by Gasteiger charge is -2.20. The maximum Gasteiger partial charge on any atom is 0.213 e. The normalized spacial score (nSPS) is 13.0. The molecule has 170 valence electrons. The van der Waals surface area contributed by atoms with Gasteiger partial charge in [-0.2, -0.15) is 0 Å². The van der Waals surface area contributed by atoms with Gasteiger partial charge in [-0.3, -0.25) is 0 Å². The number of aliphatic imine (C=N–C) groups is 1. The summed E-state index contributed by atoms with van der Waals surface area (Å²) >= 11 is 0. The van der Waals surface area contributed by atoms with Crippen LogP contribution in [0, 0.1) is 0 Å². The fourth-order valence-electron chi connectivity index (χ4n) is 2.85. The van der Waals surface area contributed by atoms with Gasteiger partial charge >= 0.3 is 0 Å². The number of aliphatic hydroxyl groups is 1. The van der Waals surface area contributed by atoms with Gasteiger partial charge in [0.15, 0.2) is 5.96 Å². The molecule has 0 fully saturated rings. The second kappa shape index (κ2) is 12.3. The summed E-state index contributed by atoms with van der Waals surface area (Å²) in [5.41, 5.74) is 3.18. The lowest BCUT2D eigenvalue weighted by molar-refractivity contribution is 0.143. The van der Waals surface area contributed by atoms with E-state index in [2.05, 4.69) is 53.5 Å². The molecule has 1 aromatic heterocycles. The third kappa shape index (κ3) is 8.55. The van der Waals surface area contributed by atoms with E-state index in [4.69, 9.17) is 9.47 Å². The SMILES string of the molecule is CCNC(=NCc1ccc(OCCOC)nc1)NCC(O)c1ccc(C(C)(C)C)cc1. The lowest BCUT2D eigenvalue weighted by atomic mass is 9.86. The fraction of sp³-hybridized carbons (Fsp3) is 0.500. The van der Waals surface area contributed by atoms with Gasteiger partial charge in [-0.25, -0.2) is 9.98 Å². The summed E-state index contributed by atoms with van der Waals surface area (Å²) in [6.45, 7) is 11.1. The van der Waals surface area contributed by atoms with Gasteiger partial charge in [-0.1, -0.05) is 51.1 Å². The number of hydrogen-bond acceptors (Lipinski definition) is 5.